The largest absolute Gasteiger partial charge is 0.452 e. The van der Waals surface area contributed by atoms with Crippen molar-refractivity contribution >= 4 is 51.4 Å². The molecular weight excluding hydrogens is 470 g/mol. The topological polar surface area (TPSA) is 96.9 Å². The molecule has 2 N–H and O–H groups in total. The third-order valence-corrected chi connectivity index (χ3v) is 7.92. The van der Waals surface area contributed by atoms with Crippen LogP contribution in [0.5, 0.6) is 0 Å². The van der Waals surface area contributed by atoms with Crippen molar-refractivity contribution in [3.63, 3.8) is 0 Å². The Kier molecular flexibility index (Phi) is 8.65. The van der Waals surface area contributed by atoms with Gasteiger partial charge in [0.05, 0.1) is 23.4 Å². The molecule has 0 bridgehead atoms. The van der Waals surface area contributed by atoms with E-state index in [2.05, 4.69) is 15.6 Å². The minimum atomic E-state index is -0.556. The molecule has 1 fully saturated rings. The highest BCUT2D eigenvalue weighted by Crippen LogP contribution is 2.27. The van der Waals surface area contributed by atoms with Crippen LogP contribution in [0.1, 0.15) is 52.0 Å². The van der Waals surface area contributed by atoms with Crippen molar-refractivity contribution < 1.29 is 19.1 Å². The fraction of sp³-hybridized carbons (Fsp3) is 0.360. The van der Waals surface area contributed by atoms with Crippen LogP contribution in [-0.4, -0.2) is 47.1 Å². The summed E-state index contributed by atoms with van der Waals surface area (Å²) in [5, 5.41) is 5.73. The van der Waals surface area contributed by atoms with Crippen LogP contribution >= 0.6 is 23.5 Å². The summed E-state index contributed by atoms with van der Waals surface area (Å²) in [5.74, 6) is 0.327. The summed E-state index contributed by atoms with van der Waals surface area (Å²) in [4.78, 5) is 42.3. The molecule has 2 aromatic carbocycles. The summed E-state index contributed by atoms with van der Waals surface area (Å²) >= 11 is 3.32. The number of anilines is 1. The molecule has 0 aromatic heterocycles. The predicted octanol–water partition coefficient (Wildman–Crippen LogP) is 4.49. The average Bonchev–Trinajstić information content (AvgIpc) is 3.56. The molecule has 1 saturated carbocycles. The van der Waals surface area contributed by atoms with Crippen molar-refractivity contribution in [1.29, 1.82) is 0 Å². The van der Waals surface area contributed by atoms with Gasteiger partial charge in [-0.1, -0.05) is 66.7 Å². The van der Waals surface area contributed by atoms with E-state index in [4.69, 9.17) is 4.74 Å². The van der Waals surface area contributed by atoms with Gasteiger partial charge in [-0.15, -0.1) is 0 Å². The lowest BCUT2D eigenvalue weighted by molar-refractivity contribution is -0.119. The highest BCUT2D eigenvalue weighted by atomic mass is 32.2. The first kappa shape index (κ1) is 24.3. The van der Waals surface area contributed by atoms with Crippen LogP contribution in [0.3, 0.4) is 0 Å². The van der Waals surface area contributed by atoms with Crippen LogP contribution in [0.4, 0.5) is 5.69 Å². The highest BCUT2D eigenvalue weighted by molar-refractivity contribution is 8.38. The summed E-state index contributed by atoms with van der Waals surface area (Å²) in [7, 11) is 0. The first-order valence-electron chi connectivity index (χ1n) is 11.3. The quantitative estimate of drug-likeness (QED) is 0.522. The molecule has 2 amide bonds. The first-order valence-corrected chi connectivity index (χ1v) is 13.3. The zero-order valence-electron chi connectivity index (χ0n) is 18.7. The first-order chi connectivity index (χ1) is 16.6. The highest BCUT2D eigenvalue weighted by Gasteiger charge is 2.21. The Morgan fingerprint density at radius 3 is 2.53 bits per heavy atom. The monoisotopic (exact) mass is 497 g/mol. The number of aliphatic imine (C=N–C) groups is 1. The van der Waals surface area contributed by atoms with Gasteiger partial charge in [-0.3, -0.25) is 14.6 Å². The third kappa shape index (κ3) is 6.64. The van der Waals surface area contributed by atoms with Gasteiger partial charge in [-0.25, -0.2) is 4.79 Å². The van der Waals surface area contributed by atoms with E-state index < -0.39 is 18.5 Å². The molecule has 7 nitrogen and oxygen atoms in total. The second-order valence-corrected chi connectivity index (χ2v) is 10.4. The maximum absolute atomic E-state index is 12.7. The van der Waals surface area contributed by atoms with E-state index in [-0.39, 0.29) is 11.9 Å². The molecule has 0 unspecified atom stereocenters. The number of amides is 2. The smallest absolute Gasteiger partial charge is 0.338 e. The van der Waals surface area contributed by atoms with Gasteiger partial charge in [-0.2, -0.15) is 0 Å². The minimum Gasteiger partial charge on any atom is -0.452 e. The van der Waals surface area contributed by atoms with E-state index in [0.717, 1.165) is 47.9 Å². The molecule has 0 atom stereocenters. The standard InChI is InChI=1S/C25H27N3O4S2/c29-22(28-21-12-6-5-11-20(21)23(30)27-18-8-2-3-9-18)15-32-24(31)19-10-4-1-7-17(19)16-34-25-26-13-14-33-25/h1,4-7,10-12,18H,2-3,8-9,13-16H2,(H,27,30)(H,28,29). The molecule has 2 aromatic rings. The molecule has 1 aliphatic carbocycles. The van der Waals surface area contributed by atoms with Crippen molar-refractivity contribution in [3.05, 3.63) is 65.2 Å². The number of hydrogen-bond donors (Lipinski definition) is 2. The van der Waals surface area contributed by atoms with Crippen molar-refractivity contribution in [1.82, 2.24) is 5.32 Å². The van der Waals surface area contributed by atoms with Gasteiger partial charge in [0, 0.05) is 17.5 Å². The Hall–Kier alpha value is -2.78. The average molecular weight is 498 g/mol. The van der Waals surface area contributed by atoms with Crippen LogP contribution in [0.2, 0.25) is 0 Å². The Balaban J connectivity index is 1.32. The number of para-hydroxylation sites is 1. The van der Waals surface area contributed by atoms with Crippen molar-refractivity contribution in [2.45, 2.75) is 37.5 Å². The van der Waals surface area contributed by atoms with Gasteiger partial charge in [0.15, 0.2) is 6.61 Å². The zero-order chi connectivity index (χ0) is 23.8. The van der Waals surface area contributed by atoms with Crippen molar-refractivity contribution in [3.8, 4) is 0 Å². The molecule has 0 spiro atoms. The Bertz CT molecular complexity index is 1080. The number of benzene rings is 2. The summed E-state index contributed by atoms with van der Waals surface area (Å²) < 4.78 is 6.31. The summed E-state index contributed by atoms with van der Waals surface area (Å²) in [6.45, 7) is 0.388. The predicted molar refractivity (Wildman–Crippen MR) is 138 cm³/mol. The van der Waals surface area contributed by atoms with Crippen LogP contribution < -0.4 is 10.6 Å². The molecule has 2 aliphatic rings. The molecular formula is C25H27N3O4S2. The van der Waals surface area contributed by atoms with Crippen LogP contribution in [0.25, 0.3) is 0 Å². The minimum absolute atomic E-state index is 0.176. The lowest BCUT2D eigenvalue weighted by Gasteiger charge is -2.15. The second kappa shape index (κ2) is 12.1. The molecule has 4 rings (SSSR count). The number of rotatable bonds is 8. The Labute approximate surface area is 207 Å². The van der Waals surface area contributed by atoms with E-state index in [1.54, 1.807) is 59.9 Å². The molecule has 34 heavy (non-hydrogen) atoms. The van der Waals surface area contributed by atoms with E-state index in [0.29, 0.717) is 22.6 Å². The molecule has 178 valence electrons. The number of carbonyl (C=O) groups excluding carboxylic acids is 3. The van der Waals surface area contributed by atoms with Crippen molar-refractivity contribution in [2.75, 3.05) is 24.2 Å². The number of nitrogens with one attached hydrogen (secondary N) is 2. The second-order valence-electron chi connectivity index (χ2n) is 8.07. The number of carbonyl (C=O) groups is 3. The molecule has 1 heterocycles. The number of nitrogens with zero attached hydrogens (tertiary/aromatic N) is 1. The maximum Gasteiger partial charge on any atom is 0.338 e. The van der Waals surface area contributed by atoms with Gasteiger partial charge in [0.1, 0.15) is 4.38 Å². The normalized spacial score (nSPS) is 15.6. The fourth-order valence-corrected chi connectivity index (χ4v) is 5.92. The fourth-order valence-electron chi connectivity index (χ4n) is 3.91. The number of hydrogen-bond acceptors (Lipinski definition) is 7. The van der Waals surface area contributed by atoms with E-state index >= 15 is 0 Å². The maximum atomic E-state index is 12.7. The summed E-state index contributed by atoms with van der Waals surface area (Å²) in [6, 6.07) is 14.2. The summed E-state index contributed by atoms with van der Waals surface area (Å²) in [5.41, 5.74) is 2.06. The zero-order valence-corrected chi connectivity index (χ0v) is 20.4. The Morgan fingerprint density at radius 2 is 1.76 bits per heavy atom. The molecule has 0 saturated heterocycles. The van der Waals surface area contributed by atoms with E-state index in [1.165, 1.54) is 0 Å². The van der Waals surface area contributed by atoms with E-state index in [1.807, 2.05) is 12.1 Å². The number of thioether (sulfide) groups is 2. The van der Waals surface area contributed by atoms with Crippen LogP contribution in [0.15, 0.2) is 53.5 Å². The molecule has 0 radical (unpaired) electrons. The van der Waals surface area contributed by atoms with Gasteiger partial charge < -0.3 is 15.4 Å². The van der Waals surface area contributed by atoms with Gasteiger partial charge in [0.2, 0.25) is 0 Å². The van der Waals surface area contributed by atoms with Crippen molar-refractivity contribution in [2.24, 2.45) is 4.99 Å². The van der Waals surface area contributed by atoms with E-state index in [9.17, 15) is 14.4 Å². The summed E-state index contributed by atoms with van der Waals surface area (Å²) in [6.07, 6.45) is 4.18. The van der Waals surface area contributed by atoms with Gasteiger partial charge in [0.25, 0.3) is 11.8 Å². The lowest BCUT2D eigenvalue weighted by atomic mass is 10.1. The lowest BCUT2D eigenvalue weighted by Crippen LogP contribution is -2.33. The van der Waals surface area contributed by atoms with Gasteiger partial charge >= 0.3 is 5.97 Å². The molecule has 1 aliphatic heterocycles. The van der Waals surface area contributed by atoms with Gasteiger partial charge in [-0.05, 0) is 36.6 Å². The van der Waals surface area contributed by atoms with Crippen LogP contribution in [-0.2, 0) is 15.3 Å². The number of esters is 1. The third-order valence-electron chi connectivity index (χ3n) is 5.62. The SMILES string of the molecule is O=C(COC(=O)c1ccccc1CSC1=NCCS1)Nc1ccccc1C(=O)NC1CCCC1. The Morgan fingerprint density at radius 1 is 1.03 bits per heavy atom. The number of ether oxygens (including phenoxy) is 1. The van der Waals surface area contributed by atoms with Crippen LogP contribution in [0, 0.1) is 0 Å². The molecule has 9 heteroatoms.